The number of hydrogen-bond acceptors (Lipinski definition) is 3. The van der Waals surface area contributed by atoms with E-state index in [2.05, 4.69) is 10.6 Å². The standard InChI is InChI=1S/C17H19N3O2/c1-12-6-2-3-7-13(12)10-11-19-17(22)20-16(21)14-8-4-5-9-15(14)18/h2-9H,10-11,18H2,1H3,(H2,19,20,21,22). The lowest BCUT2D eigenvalue weighted by Crippen LogP contribution is -2.40. The Morgan fingerprint density at radius 2 is 1.73 bits per heavy atom. The highest BCUT2D eigenvalue weighted by molar-refractivity contribution is 6.07. The molecule has 0 atom stereocenters. The van der Waals surface area contributed by atoms with Gasteiger partial charge >= 0.3 is 6.03 Å². The predicted octanol–water partition coefficient (Wildman–Crippen LogP) is 2.26. The summed E-state index contributed by atoms with van der Waals surface area (Å²) in [6.45, 7) is 2.48. The molecule has 0 aliphatic rings. The maximum atomic E-state index is 11.9. The van der Waals surface area contributed by atoms with Crippen molar-refractivity contribution < 1.29 is 9.59 Å². The number of carbonyl (C=O) groups is 2. The van der Waals surface area contributed by atoms with Crippen molar-refractivity contribution in [1.29, 1.82) is 0 Å². The fourth-order valence-corrected chi connectivity index (χ4v) is 2.12. The molecule has 0 unspecified atom stereocenters. The van der Waals surface area contributed by atoms with Crippen LogP contribution in [0.1, 0.15) is 21.5 Å². The van der Waals surface area contributed by atoms with Gasteiger partial charge in [0.05, 0.1) is 5.56 Å². The van der Waals surface area contributed by atoms with Crippen LogP contribution in [0.4, 0.5) is 10.5 Å². The molecule has 0 aliphatic heterocycles. The van der Waals surface area contributed by atoms with Crippen LogP contribution in [-0.4, -0.2) is 18.5 Å². The molecule has 0 heterocycles. The van der Waals surface area contributed by atoms with Crippen molar-refractivity contribution in [2.75, 3.05) is 12.3 Å². The van der Waals surface area contributed by atoms with Crippen molar-refractivity contribution in [3.8, 4) is 0 Å². The Bertz CT molecular complexity index is 683. The highest BCUT2D eigenvalue weighted by Gasteiger charge is 2.12. The summed E-state index contributed by atoms with van der Waals surface area (Å²) in [5, 5.41) is 4.94. The largest absolute Gasteiger partial charge is 0.398 e. The van der Waals surface area contributed by atoms with E-state index < -0.39 is 11.9 Å². The van der Waals surface area contributed by atoms with Gasteiger partial charge in [0.2, 0.25) is 0 Å². The predicted molar refractivity (Wildman–Crippen MR) is 86.6 cm³/mol. The number of nitrogen functional groups attached to an aromatic ring is 1. The molecule has 2 aromatic rings. The van der Waals surface area contributed by atoms with Crippen LogP contribution in [0.5, 0.6) is 0 Å². The van der Waals surface area contributed by atoms with Crippen LogP contribution in [0, 0.1) is 6.92 Å². The van der Waals surface area contributed by atoms with E-state index >= 15 is 0 Å². The average molecular weight is 297 g/mol. The molecule has 114 valence electrons. The van der Waals surface area contributed by atoms with Gasteiger partial charge in [-0.1, -0.05) is 36.4 Å². The minimum Gasteiger partial charge on any atom is -0.398 e. The summed E-state index contributed by atoms with van der Waals surface area (Å²) in [6, 6.07) is 14.1. The molecule has 5 nitrogen and oxygen atoms in total. The van der Waals surface area contributed by atoms with Crippen molar-refractivity contribution >= 4 is 17.6 Å². The van der Waals surface area contributed by atoms with Crippen LogP contribution >= 0.6 is 0 Å². The second-order valence-corrected chi connectivity index (χ2v) is 4.97. The number of para-hydroxylation sites is 1. The Hall–Kier alpha value is -2.82. The lowest BCUT2D eigenvalue weighted by atomic mass is 10.1. The first-order valence-corrected chi connectivity index (χ1v) is 7.06. The molecule has 0 bridgehead atoms. The molecule has 2 aromatic carbocycles. The van der Waals surface area contributed by atoms with E-state index in [-0.39, 0.29) is 5.56 Å². The van der Waals surface area contributed by atoms with Gasteiger partial charge in [-0.3, -0.25) is 10.1 Å². The number of urea groups is 1. The first kappa shape index (κ1) is 15.6. The third kappa shape index (κ3) is 4.09. The SMILES string of the molecule is Cc1ccccc1CCNC(=O)NC(=O)c1ccccc1N. The van der Waals surface area contributed by atoms with Gasteiger partial charge in [-0.2, -0.15) is 0 Å². The Morgan fingerprint density at radius 1 is 1.05 bits per heavy atom. The number of anilines is 1. The van der Waals surface area contributed by atoms with Crippen molar-refractivity contribution in [3.05, 3.63) is 65.2 Å². The average Bonchev–Trinajstić information content (AvgIpc) is 2.49. The highest BCUT2D eigenvalue weighted by Crippen LogP contribution is 2.10. The number of imide groups is 1. The molecule has 5 heteroatoms. The summed E-state index contributed by atoms with van der Waals surface area (Å²) in [5.74, 6) is -0.508. The monoisotopic (exact) mass is 297 g/mol. The fraction of sp³-hybridized carbons (Fsp3) is 0.176. The maximum absolute atomic E-state index is 11.9. The van der Waals surface area contributed by atoms with Gasteiger partial charge in [0.25, 0.3) is 5.91 Å². The molecule has 0 fully saturated rings. The summed E-state index contributed by atoms with van der Waals surface area (Å²) >= 11 is 0. The summed E-state index contributed by atoms with van der Waals surface area (Å²) in [7, 11) is 0. The molecular formula is C17H19N3O2. The minimum absolute atomic E-state index is 0.288. The number of nitrogens with two attached hydrogens (primary N) is 1. The number of rotatable bonds is 4. The van der Waals surface area contributed by atoms with E-state index in [1.165, 1.54) is 11.1 Å². The van der Waals surface area contributed by atoms with Gasteiger partial charge in [0.1, 0.15) is 0 Å². The molecule has 0 radical (unpaired) electrons. The van der Waals surface area contributed by atoms with E-state index in [4.69, 9.17) is 5.73 Å². The number of aryl methyl sites for hydroxylation is 1. The Morgan fingerprint density at radius 3 is 2.45 bits per heavy atom. The lowest BCUT2D eigenvalue weighted by Gasteiger charge is -2.09. The number of amides is 3. The molecule has 0 aromatic heterocycles. The zero-order valence-corrected chi connectivity index (χ0v) is 12.4. The molecule has 0 saturated heterocycles. The van der Waals surface area contributed by atoms with Gasteiger partial charge in [-0.25, -0.2) is 4.79 Å². The molecule has 4 N–H and O–H groups in total. The number of hydrogen-bond donors (Lipinski definition) is 3. The lowest BCUT2D eigenvalue weighted by molar-refractivity contribution is 0.0965. The summed E-state index contributed by atoms with van der Waals surface area (Å²) in [4.78, 5) is 23.6. The van der Waals surface area contributed by atoms with Crippen molar-refractivity contribution in [2.45, 2.75) is 13.3 Å². The van der Waals surface area contributed by atoms with E-state index in [9.17, 15) is 9.59 Å². The second kappa shape index (κ2) is 7.26. The summed E-state index contributed by atoms with van der Waals surface area (Å²) in [6.07, 6.45) is 0.710. The number of benzene rings is 2. The first-order chi connectivity index (χ1) is 10.6. The zero-order valence-electron chi connectivity index (χ0n) is 12.4. The summed E-state index contributed by atoms with van der Waals surface area (Å²) in [5.41, 5.74) is 8.67. The Labute approximate surface area is 129 Å². The van der Waals surface area contributed by atoms with Gasteiger partial charge in [0.15, 0.2) is 0 Å². The molecule has 0 saturated carbocycles. The number of nitrogens with one attached hydrogen (secondary N) is 2. The van der Waals surface area contributed by atoms with Crippen molar-refractivity contribution in [1.82, 2.24) is 10.6 Å². The topological polar surface area (TPSA) is 84.2 Å². The third-order valence-corrected chi connectivity index (χ3v) is 3.37. The molecular weight excluding hydrogens is 278 g/mol. The van der Waals surface area contributed by atoms with Crippen LogP contribution < -0.4 is 16.4 Å². The van der Waals surface area contributed by atoms with Crippen LogP contribution in [0.25, 0.3) is 0 Å². The Kier molecular flexibility index (Phi) is 5.14. The molecule has 22 heavy (non-hydrogen) atoms. The summed E-state index contributed by atoms with van der Waals surface area (Å²) < 4.78 is 0. The van der Waals surface area contributed by atoms with E-state index in [1.807, 2.05) is 31.2 Å². The van der Waals surface area contributed by atoms with E-state index in [0.29, 0.717) is 18.7 Å². The van der Waals surface area contributed by atoms with E-state index in [0.717, 1.165) is 0 Å². The number of carbonyl (C=O) groups excluding carboxylic acids is 2. The van der Waals surface area contributed by atoms with Crippen LogP contribution in [-0.2, 0) is 6.42 Å². The molecule has 0 aliphatic carbocycles. The third-order valence-electron chi connectivity index (χ3n) is 3.37. The van der Waals surface area contributed by atoms with Gasteiger partial charge in [0, 0.05) is 12.2 Å². The first-order valence-electron chi connectivity index (χ1n) is 7.06. The van der Waals surface area contributed by atoms with Crippen molar-refractivity contribution in [2.24, 2.45) is 0 Å². The quantitative estimate of drug-likeness (QED) is 0.757. The highest BCUT2D eigenvalue weighted by atomic mass is 16.2. The molecule has 3 amide bonds. The van der Waals surface area contributed by atoms with Gasteiger partial charge < -0.3 is 11.1 Å². The van der Waals surface area contributed by atoms with E-state index in [1.54, 1.807) is 24.3 Å². The minimum atomic E-state index is -0.526. The van der Waals surface area contributed by atoms with Crippen molar-refractivity contribution in [3.63, 3.8) is 0 Å². The van der Waals surface area contributed by atoms with Crippen LogP contribution in [0.2, 0.25) is 0 Å². The van der Waals surface area contributed by atoms with Crippen LogP contribution in [0.15, 0.2) is 48.5 Å². The van der Waals surface area contributed by atoms with Crippen LogP contribution in [0.3, 0.4) is 0 Å². The normalized spacial score (nSPS) is 10.0. The molecule has 2 rings (SSSR count). The molecule has 0 spiro atoms. The maximum Gasteiger partial charge on any atom is 0.321 e. The Balaban J connectivity index is 1.82. The van der Waals surface area contributed by atoms with Gasteiger partial charge in [-0.15, -0.1) is 0 Å². The zero-order chi connectivity index (χ0) is 15.9. The fourth-order valence-electron chi connectivity index (χ4n) is 2.12. The van der Waals surface area contributed by atoms with Gasteiger partial charge in [-0.05, 0) is 36.6 Å². The second-order valence-electron chi connectivity index (χ2n) is 4.97. The smallest absolute Gasteiger partial charge is 0.321 e.